The van der Waals surface area contributed by atoms with Crippen LogP contribution in [-0.2, 0) is 16.1 Å². The molecule has 6 heteroatoms. The Morgan fingerprint density at radius 3 is 2.88 bits per heavy atom. The van der Waals surface area contributed by atoms with Gasteiger partial charge in [0, 0.05) is 11.6 Å². The standard InChI is InChI=1S/C10H12N2O3.BrH/c1-2-15-9(13)7-12-5-3-4-8(6-12)10(11)14;/h3-6H,2,7H2,1H3,(H-,11,14);1H. The minimum absolute atomic E-state index is 0. The number of pyridine rings is 1. The number of aromatic nitrogens is 1. The summed E-state index contributed by atoms with van der Waals surface area (Å²) in [5.41, 5.74) is 0.252. The molecule has 1 N–H and O–H groups in total. The van der Waals surface area contributed by atoms with Crippen LogP contribution in [0, 0.1) is 5.41 Å². The zero-order valence-electron chi connectivity index (χ0n) is 8.80. The molecule has 1 aromatic heterocycles. The van der Waals surface area contributed by atoms with Crippen LogP contribution in [-0.4, -0.2) is 18.5 Å². The lowest BCUT2D eigenvalue weighted by Gasteiger charge is -2.05. The highest BCUT2D eigenvalue weighted by atomic mass is 79.9. The van der Waals surface area contributed by atoms with Crippen molar-refractivity contribution in [1.29, 1.82) is 5.41 Å². The summed E-state index contributed by atoms with van der Waals surface area (Å²) in [6.07, 6.45) is 3.09. The molecule has 0 bridgehead atoms. The predicted molar refractivity (Wildman–Crippen MR) is 60.4 cm³/mol. The first kappa shape index (κ1) is 14.6. The van der Waals surface area contributed by atoms with Crippen LogP contribution in [0.15, 0.2) is 24.5 Å². The van der Waals surface area contributed by atoms with Crippen LogP contribution < -0.4 is 9.67 Å². The summed E-state index contributed by atoms with van der Waals surface area (Å²) in [7, 11) is 0. The molecule has 88 valence electrons. The molecule has 16 heavy (non-hydrogen) atoms. The van der Waals surface area contributed by atoms with Gasteiger partial charge in [0.25, 0.3) is 0 Å². The second kappa shape index (κ2) is 6.95. The van der Waals surface area contributed by atoms with Crippen LogP contribution in [0.3, 0.4) is 0 Å². The first-order valence-electron chi connectivity index (χ1n) is 4.54. The van der Waals surface area contributed by atoms with Crippen LogP contribution in [0.1, 0.15) is 12.5 Å². The smallest absolute Gasteiger partial charge is 0.372 e. The Morgan fingerprint density at radius 1 is 1.62 bits per heavy atom. The number of ether oxygens (including phenoxy) is 1. The van der Waals surface area contributed by atoms with Gasteiger partial charge in [-0.25, -0.2) is 4.79 Å². The highest BCUT2D eigenvalue weighted by molar-refractivity contribution is 8.93. The molecule has 0 aliphatic rings. The highest BCUT2D eigenvalue weighted by Crippen LogP contribution is 1.91. The van der Waals surface area contributed by atoms with Crippen molar-refractivity contribution in [2.24, 2.45) is 0 Å². The maximum absolute atomic E-state index is 11.1. The zero-order chi connectivity index (χ0) is 11.3. The Bertz CT molecular complexity index is 382. The highest BCUT2D eigenvalue weighted by Gasteiger charge is 2.10. The number of halogens is 1. The van der Waals surface area contributed by atoms with Gasteiger partial charge >= 0.3 is 5.97 Å². The van der Waals surface area contributed by atoms with E-state index in [1.54, 1.807) is 19.2 Å². The number of nitrogens with one attached hydrogen (secondary N) is 1. The van der Waals surface area contributed by atoms with E-state index in [0.717, 1.165) is 0 Å². The summed E-state index contributed by atoms with van der Waals surface area (Å²) in [5.74, 6) is -1.13. The molecule has 0 unspecified atom stereocenters. The van der Waals surface area contributed by atoms with E-state index < -0.39 is 5.90 Å². The molecule has 5 nitrogen and oxygen atoms in total. The summed E-state index contributed by atoms with van der Waals surface area (Å²) in [5, 5.41) is 17.7. The fourth-order valence-electron chi connectivity index (χ4n) is 1.11. The maximum atomic E-state index is 11.1. The lowest BCUT2D eigenvalue weighted by molar-refractivity contribution is -0.686. The minimum atomic E-state index is -0.770. The molecule has 1 aromatic rings. The number of hydrogen-bond donors (Lipinski definition) is 1. The monoisotopic (exact) mass is 288 g/mol. The second-order valence-corrected chi connectivity index (χ2v) is 2.90. The van der Waals surface area contributed by atoms with Gasteiger partial charge in [0.05, 0.1) is 6.61 Å². The van der Waals surface area contributed by atoms with E-state index in [2.05, 4.69) is 0 Å². The van der Waals surface area contributed by atoms with Crippen molar-refractivity contribution in [3.8, 4) is 0 Å². The van der Waals surface area contributed by atoms with E-state index in [1.165, 1.54) is 16.8 Å². The Labute approximate surface area is 104 Å². The van der Waals surface area contributed by atoms with Gasteiger partial charge in [-0.3, -0.25) is 0 Å². The van der Waals surface area contributed by atoms with Crippen molar-refractivity contribution in [3.05, 3.63) is 30.1 Å². The fraction of sp³-hybridized carbons (Fsp3) is 0.300. The average Bonchev–Trinajstić information content (AvgIpc) is 2.18. The quantitative estimate of drug-likeness (QED) is 0.361. The van der Waals surface area contributed by atoms with Gasteiger partial charge in [0.2, 0.25) is 6.54 Å². The largest absolute Gasteiger partial charge is 0.859 e. The molecule has 0 aliphatic carbocycles. The number of hydrogen-bond acceptors (Lipinski definition) is 4. The summed E-state index contributed by atoms with van der Waals surface area (Å²) < 4.78 is 6.27. The van der Waals surface area contributed by atoms with Crippen LogP contribution in [0.4, 0.5) is 0 Å². The molecular formula is C10H13BrN2O3. The third-order valence-electron chi connectivity index (χ3n) is 1.74. The maximum Gasteiger partial charge on any atom is 0.372 e. The van der Waals surface area contributed by atoms with Crippen LogP contribution in [0.2, 0.25) is 0 Å². The normalized spacial score (nSPS) is 9.06. The molecule has 0 fully saturated rings. The third kappa shape index (κ3) is 4.39. The summed E-state index contributed by atoms with van der Waals surface area (Å²) in [4.78, 5) is 11.1. The van der Waals surface area contributed by atoms with Gasteiger partial charge in [-0.05, 0) is 18.9 Å². The van der Waals surface area contributed by atoms with Gasteiger partial charge in [-0.15, -0.1) is 17.0 Å². The molecule has 0 aromatic carbocycles. The molecular weight excluding hydrogens is 276 g/mol. The van der Waals surface area contributed by atoms with Gasteiger partial charge in [0.1, 0.15) is 0 Å². The summed E-state index contributed by atoms with van der Waals surface area (Å²) in [6.45, 7) is 2.11. The van der Waals surface area contributed by atoms with Crippen LogP contribution in [0.5, 0.6) is 0 Å². The SMILES string of the molecule is Br.CCOC(=O)C[n+]1cccc(C(=N)[O-])c1. The molecule has 0 amide bonds. The van der Waals surface area contributed by atoms with E-state index in [-0.39, 0.29) is 35.1 Å². The van der Waals surface area contributed by atoms with Crippen molar-refractivity contribution in [3.63, 3.8) is 0 Å². The first-order chi connectivity index (χ1) is 7.13. The Kier molecular flexibility index (Phi) is 6.32. The number of carbonyl (C=O) groups excluding carboxylic acids is 1. The average molecular weight is 289 g/mol. The molecule has 1 rings (SSSR count). The lowest BCUT2D eigenvalue weighted by atomic mass is 10.3. The van der Waals surface area contributed by atoms with Crippen molar-refractivity contribution < 1.29 is 19.2 Å². The Hall–Kier alpha value is -1.43. The molecule has 0 atom stereocenters. The van der Waals surface area contributed by atoms with Crippen LogP contribution >= 0.6 is 17.0 Å². The van der Waals surface area contributed by atoms with Crippen LogP contribution in [0.25, 0.3) is 0 Å². The van der Waals surface area contributed by atoms with Gasteiger partial charge in [-0.1, -0.05) is 0 Å². The third-order valence-corrected chi connectivity index (χ3v) is 1.74. The number of carbonyl (C=O) groups is 1. The summed E-state index contributed by atoms with van der Waals surface area (Å²) in [6, 6.07) is 3.14. The van der Waals surface area contributed by atoms with Crippen molar-refractivity contribution in [1.82, 2.24) is 0 Å². The fourth-order valence-corrected chi connectivity index (χ4v) is 1.11. The van der Waals surface area contributed by atoms with Crippen molar-refractivity contribution in [2.75, 3.05) is 6.61 Å². The number of esters is 1. The van der Waals surface area contributed by atoms with Gasteiger partial charge in [-0.2, -0.15) is 4.57 Å². The lowest BCUT2D eigenvalue weighted by Crippen LogP contribution is -2.39. The molecule has 0 aliphatic heterocycles. The minimum Gasteiger partial charge on any atom is -0.859 e. The molecule has 0 saturated carbocycles. The van der Waals surface area contributed by atoms with Gasteiger partial charge < -0.3 is 15.3 Å². The van der Waals surface area contributed by atoms with E-state index in [1.807, 2.05) is 0 Å². The Balaban J connectivity index is 0.00000225. The predicted octanol–water partition coefficient (Wildman–Crippen LogP) is -0.199. The number of nitrogens with zero attached hydrogens (tertiary/aromatic N) is 1. The molecule has 0 spiro atoms. The van der Waals surface area contributed by atoms with E-state index in [4.69, 9.17) is 10.1 Å². The Morgan fingerprint density at radius 2 is 2.31 bits per heavy atom. The van der Waals surface area contributed by atoms with Crippen molar-refractivity contribution in [2.45, 2.75) is 13.5 Å². The molecule has 0 radical (unpaired) electrons. The molecule has 1 heterocycles. The topological polar surface area (TPSA) is 77.1 Å². The van der Waals surface area contributed by atoms with E-state index in [9.17, 15) is 9.90 Å². The second-order valence-electron chi connectivity index (χ2n) is 2.90. The zero-order valence-corrected chi connectivity index (χ0v) is 10.5. The number of rotatable bonds is 4. The van der Waals surface area contributed by atoms with Gasteiger partial charge in [0.15, 0.2) is 12.4 Å². The van der Waals surface area contributed by atoms with E-state index >= 15 is 0 Å². The molecule has 0 saturated heterocycles. The first-order valence-corrected chi connectivity index (χ1v) is 4.54. The van der Waals surface area contributed by atoms with Crippen molar-refractivity contribution >= 4 is 28.8 Å². The summed E-state index contributed by atoms with van der Waals surface area (Å²) >= 11 is 0. The van der Waals surface area contributed by atoms with E-state index in [0.29, 0.717) is 6.61 Å².